The molecule has 0 aliphatic carbocycles. The van der Waals surface area contributed by atoms with E-state index in [2.05, 4.69) is 39.1 Å². The zero-order valence-corrected chi connectivity index (χ0v) is 12.0. The summed E-state index contributed by atoms with van der Waals surface area (Å²) in [5.41, 5.74) is 2.80. The van der Waals surface area contributed by atoms with Crippen molar-refractivity contribution in [3.8, 4) is 6.07 Å². The number of nitriles is 1. The van der Waals surface area contributed by atoms with Crippen LogP contribution in [0.4, 0.5) is 0 Å². The minimum atomic E-state index is 0.669. The van der Waals surface area contributed by atoms with Gasteiger partial charge in [0.25, 0.3) is 0 Å². The second kappa shape index (κ2) is 5.36. The number of imidazole rings is 1. The van der Waals surface area contributed by atoms with Crippen molar-refractivity contribution in [2.75, 3.05) is 0 Å². The van der Waals surface area contributed by atoms with Crippen molar-refractivity contribution in [2.24, 2.45) is 7.05 Å². The minimum Gasteiger partial charge on any atom is -0.323 e. The molecule has 4 heteroatoms. The maximum Gasteiger partial charge on any atom is 0.143 e. The summed E-state index contributed by atoms with van der Waals surface area (Å²) in [4.78, 5) is 4.45. The zero-order valence-electron chi connectivity index (χ0n) is 10.4. The molecule has 1 aromatic heterocycles. The number of rotatable bonds is 3. The number of nitrogens with zero attached hydrogens (tertiary/aromatic N) is 3. The van der Waals surface area contributed by atoms with E-state index in [0.29, 0.717) is 5.69 Å². The summed E-state index contributed by atoms with van der Waals surface area (Å²) in [5.74, 6) is 0.885. The van der Waals surface area contributed by atoms with Gasteiger partial charge in [-0.2, -0.15) is 5.26 Å². The molecule has 92 valence electrons. The summed E-state index contributed by atoms with van der Waals surface area (Å²) in [6, 6.07) is 10.4. The average Bonchev–Trinajstić information content (AvgIpc) is 2.62. The molecule has 18 heavy (non-hydrogen) atoms. The molecule has 0 unspecified atom stereocenters. The Morgan fingerprint density at radius 1 is 1.39 bits per heavy atom. The van der Waals surface area contributed by atoms with Crippen molar-refractivity contribution in [3.63, 3.8) is 0 Å². The van der Waals surface area contributed by atoms with Crippen molar-refractivity contribution < 1.29 is 0 Å². The van der Waals surface area contributed by atoms with Crippen LogP contribution >= 0.6 is 15.9 Å². The van der Waals surface area contributed by atoms with E-state index >= 15 is 0 Å². The molecule has 0 spiro atoms. The topological polar surface area (TPSA) is 41.6 Å². The maximum atomic E-state index is 9.14. The quantitative estimate of drug-likeness (QED) is 0.874. The van der Waals surface area contributed by atoms with Gasteiger partial charge in [0.15, 0.2) is 0 Å². The summed E-state index contributed by atoms with van der Waals surface area (Å²) < 4.78 is 2.92. The lowest BCUT2D eigenvalue weighted by Crippen LogP contribution is -1.97. The standard InChI is InChI=1S/C14H14BrN3/c1-10-17-13(14(9-16)18(10)2)7-6-11-4-3-5-12(15)8-11/h3-5,8H,6-7H2,1-2H3. The first-order valence-corrected chi connectivity index (χ1v) is 6.58. The zero-order chi connectivity index (χ0) is 13.1. The fourth-order valence-electron chi connectivity index (χ4n) is 1.95. The van der Waals surface area contributed by atoms with Crippen molar-refractivity contribution in [2.45, 2.75) is 19.8 Å². The predicted molar refractivity (Wildman–Crippen MR) is 74.2 cm³/mol. The molecule has 0 amide bonds. The van der Waals surface area contributed by atoms with Gasteiger partial charge in [-0.15, -0.1) is 0 Å². The largest absolute Gasteiger partial charge is 0.323 e. The van der Waals surface area contributed by atoms with Crippen LogP contribution in [-0.4, -0.2) is 9.55 Å². The Morgan fingerprint density at radius 3 is 2.83 bits per heavy atom. The molecule has 0 aliphatic rings. The van der Waals surface area contributed by atoms with Crippen LogP contribution in [0.15, 0.2) is 28.7 Å². The first kappa shape index (κ1) is 12.8. The third kappa shape index (κ3) is 2.62. The van der Waals surface area contributed by atoms with Crippen molar-refractivity contribution in [1.29, 1.82) is 5.26 Å². The van der Waals surface area contributed by atoms with Crippen LogP contribution in [0.25, 0.3) is 0 Å². The Morgan fingerprint density at radius 2 is 2.17 bits per heavy atom. The van der Waals surface area contributed by atoms with Gasteiger partial charge in [-0.25, -0.2) is 4.98 Å². The average molecular weight is 304 g/mol. The summed E-state index contributed by atoms with van der Waals surface area (Å²) in [6.07, 6.45) is 1.69. The predicted octanol–water partition coefficient (Wildman–Crippen LogP) is 3.15. The molecule has 1 heterocycles. The molecule has 0 fully saturated rings. The van der Waals surface area contributed by atoms with E-state index in [1.807, 2.05) is 30.7 Å². The van der Waals surface area contributed by atoms with Crippen molar-refractivity contribution >= 4 is 15.9 Å². The molecule has 0 bridgehead atoms. The summed E-state index contributed by atoms with van der Waals surface area (Å²) in [7, 11) is 1.88. The van der Waals surface area contributed by atoms with Gasteiger partial charge in [0.1, 0.15) is 17.6 Å². The van der Waals surface area contributed by atoms with Crippen LogP contribution in [0.1, 0.15) is 22.8 Å². The molecule has 2 aromatic rings. The number of benzene rings is 1. The highest BCUT2D eigenvalue weighted by Gasteiger charge is 2.11. The van der Waals surface area contributed by atoms with Gasteiger partial charge in [0, 0.05) is 11.5 Å². The fraction of sp³-hybridized carbons (Fsp3) is 0.286. The first-order valence-electron chi connectivity index (χ1n) is 5.78. The molecule has 2 rings (SSSR count). The smallest absolute Gasteiger partial charge is 0.143 e. The van der Waals surface area contributed by atoms with Crippen LogP contribution < -0.4 is 0 Å². The van der Waals surface area contributed by atoms with E-state index in [9.17, 15) is 0 Å². The number of halogens is 1. The number of hydrogen-bond acceptors (Lipinski definition) is 2. The Bertz CT molecular complexity index is 608. The molecule has 0 saturated heterocycles. The van der Waals surface area contributed by atoms with Gasteiger partial charge in [-0.3, -0.25) is 0 Å². The molecule has 0 radical (unpaired) electrons. The molecule has 0 aliphatic heterocycles. The van der Waals surface area contributed by atoms with Gasteiger partial charge in [0.05, 0.1) is 5.69 Å². The lowest BCUT2D eigenvalue weighted by Gasteiger charge is -2.01. The molecule has 0 saturated carbocycles. The van der Waals surface area contributed by atoms with Crippen LogP contribution in [-0.2, 0) is 19.9 Å². The van der Waals surface area contributed by atoms with E-state index in [4.69, 9.17) is 5.26 Å². The Hall–Kier alpha value is -1.60. The van der Waals surface area contributed by atoms with Crippen LogP contribution in [0.5, 0.6) is 0 Å². The molecule has 3 nitrogen and oxygen atoms in total. The first-order chi connectivity index (χ1) is 8.61. The molecular weight excluding hydrogens is 290 g/mol. The van der Waals surface area contributed by atoms with Crippen LogP contribution in [0.2, 0.25) is 0 Å². The minimum absolute atomic E-state index is 0.669. The summed E-state index contributed by atoms with van der Waals surface area (Å²) in [5, 5.41) is 9.14. The highest BCUT2D eigenvalue weighted by molar-refractivity contribution is 9.10. The van der Waals surface area contributed by atoms with Crippen LogP contribution in [0.3, 0.4) is 0 Å². The van der Waals surface area contributed by atoms with Crippen LogP contribution in [0, 0.1) is 18.3 Å². The Kier molecular flexibility index (Phi) is 3.83. The van der Waals surface area contributed by atoms with E-state index in [0.717, 1.165) is 28.8 Å². The van der Waals surface area contributed by atoms with Gasteiger partial charge < -0.3 is 4.57 Å². The lowest BCUT2D eigenvalue weighted by atomic mass is 10.1. The monoisotopic (exact) mass is 303 g/mol. The normalized spacial score (nSPS) is 10.3. The van der Waals surface area contributed by atoms with Gasteiger partial charge in [0.2, 0.25) is 0 Å². The van der Waals surface area contributed by atoms with E-state index in [1.54, 1.807) is 0 Å². The molecule has 1 aromatic carbocycles. The van der Waals surface area contributed by atoms with E-state index < -0.39 is 0 Å². The highest BCUT2D eigenvalue weighted by atomic mass is 79.9. The van der Waals surface area contributed by atoms with Gasteiger partial charge in [-0.1, -0.05) is 28.1 Å². The number of hydrogen-bond donors (Lipinski definition) is 0. The van der Waals surface area contributed by atoms with E-state index in [-0.39, 0.29) is 0 Å². The fourth-order valence-corrected chi connectivity index (χ4v) is 2.39. The number of aromatic nitrogens is 2. The van der Waals surface area contributed by atoms with Gasteiger partial charge >= 0.3 is 0 Å². The lowest BCUT2D eigenvalue weighted by molar-refractivity contribution is 0.844. The SMILES string of the molecule is Cc1nc(CCc2cccc(Br)c2)c(C#N)n1C. The van der Waals surface area contributed by atoms with Crippen molar-refractivity contribution in [1.82, 2.24) is 9.55 Å². The highest BCUT2D eigenvalue weighted by Crippen LogP contribution is 2.15. The summed E-state index contributed by atoms with van der Waals surface area (Å²) in [6.45, 7) is 1.92. The van der Waals surface area contributed by atoms with E-state index in [1.165, 1.54) is 5.56 Å². The second-order valence-electron chi connectivity index (χ2n) is 4.26. The molecular formula is C14H14BrN3. The third-order valence-corrected chi connectivity index (χ3v) is 3.53. The third-order valence-electron chi connectivity index (χ3n) is 3.04. The number of aryl methyl sites for hydroxylation is 3. The molecule has 0 atom stereocenters. The van der Waals surface area contributed by atoms with Gasteiger partial charge in [-0.05, 0) is 37.5 Å². The van der Waals surface area contributed by atoms with Crippen molar-refractivity contribution in [3.05, 3.63) is 51.5 Å². The summed E-state index contributed by atoms with van der Waals surface area (Å²) >= 11 is 3.46. The Balaban J connectivity index is 2.16. The molecule has 0 N–H and O–H groups in total. The Labute approximate surface area is 115 Å². The second-order valence-corrected chi connectivity index (χ2v) is 5.17. The maximum absolute atomic E-state index is 9.14.